The van der Waals surface area contributed by atoms with Gasteiger partial charge in [-0.3, -0.25) is 9.69 Å². The van der Waals surface area contributed by atoms with Gasteiger partial charge in [-0.2, -0.15) is 18.4 Å². The number of benzene rings is 1. The van der Waals surface area contributed by atoms with Crippen LogP contribution < -0.4 is 21.3 Å². The summed E-state index contributed by atoms with van der Waals surface area (Å²) in [6, 6.07) is 5.08. The maximum Gasteiger partial charge on any atom is 0.416 e. The SMILES string of the molecule is N#Cc1c(N)nc2c(c1N)CC(=O)N2c1cc(C(F)(F)F)ccc1N1CCOCC1. The fraction of sp³-hybridized carbons (Fsp3) is 0.316. The van der Waals surface area contributed by atoms with Crippen LogP contribution in [0, 0.1) is 11.3 Å². The molecule has 1 aromatic carbocycles. The zero-order valence-electron chi connectivity index (χ0n) is 15.7. The van der Waals surface area contributed by atoms with Crippen molar-refractivity contribution in [3.63, 3.8) is 0 Å². The number of halogens is 3. The number of anilines is 5. The molecule has 30 heavy (non-hydrogen) atoms. The summed E-state index contributed by atoms with van der Waals surface area (Å²) < 4.78 is 45.6. The number of fused-ring (bicyclic) bond motifs is 1. The van der Waals surface area contributed by atoms with Crippen LogP contribution in [0.2, 0.25) is 0 Å². The van der Waals surface area contributed by atoms with E-state index in [0.717, 1.165) is 17.0 Å². The summed E-state index contributed by atoms with van der Waals surface area (Å²) in [5, 5.41) is 9.23. The largest absolute Gasteiger partial charge is 0.416 e. The van der Waals surface area contributed by atoms with Crippen molar-refractivity contribution in [3.8, 4) is 6.07 Å². The minimum Gasteiger partial charge on any atom is -0.397 e. The van der Waals surface area contributed by atoms with Crippen molar-refractivity contribution in [3.05, 3.63) is 34.9 Å². The van der Waals surface area contributed by atoms with Crippen molar-refractivity contribution >= 4 is 34.6 Å². The highest BCUT2D eigenvalue weighted by Gasteiger charge is 2.38. The first kappa shape index (κ1) is 19.8. The Morgan fingerprint density at radius 3 is 2.50 bits per heavy atom. The molecule has 8 nitrogen and oxygen atoms in total. The van der Waals surface area contributed by atoms with E-state index in [0.29, 0.717) is 32.0 Å². The predicted octanol–water partition coefficient (Wildman–Crippen LogP) is 2.19. The molecule has 0 spiro atoms. The van der Waals surface area contributed by atoms with E-state index in [2.05, 4.69) is 4.98 Å². The van der Waals surface area contributed by atoms with Gasteiger partial charge in [-0.1, -0.05) is 0 Å². The molecule has 1 amide bonds. The zero-order valence-corrected chi connectivity index (χ0v) is 15.7. The number of ether oxygens (including phenoxy) is 1. The predicted molar refractivity (Wildman–Crippen MR) is 103 cm³/mol. The lowest BCUT2D eigenvalue weighted by Crippen LogP contribution is -2.37. The monoisotopic (exact) mass is 418 g/mol. The van der Waals surface area contributed by atoms with Crippen molar-refractivity contribution in [2.24, 2.45) is 0 Å². The van der Waals surface area contributed by atoms with E-state index in [1.807, 2.05) is 11.0 Å². The number of nitrogens with zero attached hydrogens (tertiary/aromatic N) is 4. The second-order valence-corrected chi connectivity index (χ2v) is 6.91. The van der Waals surface area contributed by atoms with Gasteiger partial charge in [0.25, 0.3) is 0 Å². The number of carbonyl (C=O) groups is 1. The average molecular weight is 418 g/mol. The van der Waals surface area contributed by atoms with E-state index < -0.39 is 17.6 Å². The lowest BCUT2D eigenvalue weighted by molar-refractivity contribution is -0.137. The average Bonchev–Trinajstić information content (AvgIpc) is 3.04. The van der Waals surface area contributed by atoms with Crippen LogP contribution in [0.5, 0.6) is 0 Å². The third-order valence-corrected chi connectivity index (χ3v) is 5.14. The number of nitrogens with two attached hydrogens (primary N) is 2. The third-order valence-electron chi connectivity index (χ3n) is 5.14. The Bertz CT molecular complexity index is 1070. The van der Waals surface area contributed by atoms with Crippen LogP contribution in [0.15, 0.2) is 18.2 Å². The number of hydrogen-bond acceptors (Lipinski definition) is 7. The molecule has 4 N–H and O–H groups in total. The number of pyridine rings is 1. The molecule has 1 saturated heterocycles. The van der Waals surface area contributed by atoms with Gasteiger partial charge < -0.3 is 21.1 Å². The summed E-state index contributed by atoms with van der Waals surface area (Å²) in [5.41, 5.74) is 11.6. The molecule has 0 unspecified atom stereocenters. The number of morpholine rings is 1. The van der Waals surface area contributed by atoms with Gasteiger partial charge in [-0.05, 0) is 18.2 Å². The van der Waals surface area contributed by atoms with Crippen LogP contribution in [0.25, 0.3) is 0 Å². The minimum absolute atomic E-state index is 0.00995. The molecular weight excluding hydrogens is 401 g/mol. The Morgan fingerprint density at radius 1 is 1.17 bits per heavy atom. The third kappa shape index (κ3) is 3.15. The molecule has 156 valence electrons. The summed E-state index contributed by atoms with van der Waals surface area (Å²) in [7, 11) is 0. The summed E-state index contributed by atoms with van der Waals surface area (Å²) in [5.74, 6) is -0.649. The summed E-state index contributed by atoms with van der Waals surface area (Å²) in [6.45, 7) is 1.74. The number of nitriles is 1. The molecule has 2 aromatic rings. The van der Waals surface area contributed by atoms with Gasteiger partial charge in [0.2, 0.25) is 5.91 Å². The lowest BCUT2D eigenvalue weighted by Gasteiger charge is -2.33. The maximum absolute atomic E-state index is 13.4. The number of aromatic nitrogens is 1. The summed E-state index contributed by atoms with van der Waals surface area (Å²) in [6.07, 6.45) is -4.79. The van der Waals surface area contributed by atoms with Crippen LogP contribution in [0.3, 0.4) is 0 Å². The highest BCUT2D eigenvalue weighted by Crippen LogP contribution is 2.45. The van der Waals surface area contributed by atoms with Gasteiger partial charge in [-0.25, -0.2) is 4.98 Å². The van der Waals surface area contributed by atoms with E-state index in [4.69, 9.17) is 16.2 Å². The number of hydrogen-bond donors (Lipinski definition) is 2. The van der Waals surface area contributed by atoms with Gasteiger partial charge in [0, 0.05) is 18.7 Å². The Labute approximate surface area is 169 Å². The molecule has 3 heterocycles. The second-order valence-electron chi connectivity index (χ2n) is 6.91. The highest BCUT2D eigenvalue weighted by molar-refractivity contribution is 6.10. The van der Waals surface area contributed by atoms with Crippen molar-refractivity contribution in [1.82, 2.24) is 4.98 Å². The topological polar surface area (TPSA) is 121 Å². The number of carbonyl (C=O) groups excluding carboxylic acids is 1. The van der Waals surface area contributed by atoms with Crippen molar-refractivity contribution in [2.75, 3.05) is 47.6 Å². The van der Waals surface area contributed by atoms with Gasteiger partial charge in [-0.15, -0.1) is 0 Å². The molecular formula is C19H17F3N6O2. The molecule has 0 bridgehead atoms. The van der Waals surface area contributed by atoms with Crippen LogP contribution in [-0.4, -0.2) is 37.2 Å². The van der Waals surface area contributed by atoms with Gasteiger partial charge in [0.15, 0.2) is 0 Å². The molecule has 0 aliphatic carbocycles. The van der Waals surface area contributed by atoms with Gasteiger partial charge in [0.05, 0.1) is 42.3 Å². The van der Waals surface area contributed by atoms with Crippen molar-refractivity contribution < 1.29 is 22.7 Å². The zero-order chi connectivity index (χ0) is 21.6. The molecule has 0 saturated carbocycles. The highest BCUT2D eigenvalue weighted by atomic mass is 19.4. The van der Waals surface area contributed by atoms with E-state index in [1.165, 1.54) is 6.07 Å². The first-order valence-corrected chi connectivity index (χ1v) is 9.07. The van der Waals surface area contributed by atoms with Gasteiger partial charge in [0.1, 0.15) is 23.3 Å². The molecule has 2 aliphatic rings. The van der Waals surface area contributed by atoms with Crippen LogP contribution in [-0.2, 0) is 22.1 Å². The molecule has 1 fully saturated rings. The summed E-state index contributed by atoms with van der Waals surface area (Å²) >= 11 is 0. The lowest BCUT2D eigenvalue weighted by atomic mass is 10.1. The van der Waals surface area contributed by atoms with Crippen LogP contribution in [0.4, 0.5) is 41.9 Å². The first-order chi connectivity index (χ1) is 14.2. The number of alkyl halides is 3. The van der Waals surface area contributed by atoms with E-state index in [1.54, 1.807) is 0 Å². The van der Waals surface area contributed by atoms with Crippen LogP contribution >= 0.6 is 0 Å². The quantitative estimate of drug-likeness (QED) is 0.767. The molecule has 2 aliphatic heterocycles. The van der Waals surface area contributed by atoms with Crippen LogP contribution in [0.1, 0.15) is 16.7 Å². The number of amides is 1. The Balaban J connectivity index is 1.92. The van der Waals surface area contributed by atoms with Gasteiger partial charge >= 0.3 is 6.18 Å². The Kier molecular flexibility index (Phi) is 4.66. The van der Waals surface area contributed by atoms with E-state index >= 15 is 0 Å². The Hall–Kier alpha value is -3.52. The second kappa shape index (κ2) is 7.07. The van der Waals surface area contributed by atoms with E-state index in [-0.39, 0.29) is 40.6 Å². The number of rotatable bonds is 2. The summed E-state index contributed by atoms with van der Waals surface area (Å²) in [4.78, 5) is 19.9. The fourth-order valence-electron chi connectivity index (χ4n) is 3.67. The maximum atomic E-state index is 13.4. The van der Waals surface area contributed by atoms with Crippen molar-refractivity contribution in [1.29, 1.82) is 5.26 Å². The molecule has 0 atom stereocenters. The fourth-order valence-corrected chi connectivity index (χ4v) is 3.67. The smallest absolute Gasteiger partial charge is 0.397 e. The molecule has 4 rings (SSSR count). The van der Waals surface area contributed by atoms with E-state index in [9.17, 15) is 23.2 Å². The standard InChI is InChI=1S/C19H17F3N6O2/c20-19(21,22)10-1-2-13(27-3-5-30-6-4-27)14(7-10)28-15(29)8-11-16(24)12(9-23)17(25)26-18(11)28/h1-2,7H,3-6,8H2,(H4,24,25,26). The first-order valence-electron chi connectivity index (χ1n) is 9.07. The minimum atomic E-state index is -4.60. The normalized spacial score (nSPS) is 16.5. The molecule has 1 aromatic heterocycles. The molecule has 11 heteroatoms. The van der Waals surface area contributed by atoms with Crippen molar-refractivity contribution in [2.45, 2.75) is 12.6 Å². The molecule has 0 radical (unpaired) electrons. The number of nitrogen functional groups attached to an aromatic ring is 2. The Morgan fingerprint density at radius 2 is 1.87 bits per heavy atom.